The zero-order chi connectivity index (χ0) is 15.5. The highest BCUT2D eigenvalue weighted by atomic mass is 35.5. The summed E-state index contributed by atoms with van der Waals surface area (Å²) in [5, 5.41) is 2.85. The van der Waals surface area contributed by atoms with Gasteiger partial charge in [-0.25, -0.2) is 4.98 Å². The molecule has 1 atom stereocenters. The molecule has 1 unspecified atom stereocenters. The third kappa shape index (κ3) is 5.04. The van der Waals surface area contributed by atoms with E-state index in [4.69, 9.17) is 11.6 Å². The van der Waals surface area contributed by atoms with Crippen LogP contribution in [0.2, 0.25) is 5.15 Å². The molecule has 7 heteroatoms. The van der Waals surface area contributed by atoms with Gasteiger partial charge in [-0.15, -0.1) is 0 Å². The minimum Gasteiger partial charge on any atom is -0.366 e. The largest absolute Gasteiger partial charge is 0.416 e. The van der Waals surface area contributed by atoms with Gasteiger partial charge in [-0.1, -0.05) is 18.0 Å². The van der Waals surface area contributed by atoms with Gasteiger partial charge in [0, 0.05) is 12.6 Å². The molecule has 1 aliphatic rings. The molecular weight excluding hydrogens is 303 g/mol. The van der Waals surface area contributed by atoms with Crippen molar-refractivity contribution in [1.29, 1.82) is 0 Å². The van der Waals surface area contributed by atoms with E-state index in [1.807, 2.05) is 6.92 Å². The zero-order valence-electron chi connectivity index (χ0n) is 11.9. The maximum absolute atomic E-state index is 12.7. The number of rotatable bonds is 4. The van der Waals surface area contributed by atoms with E-state index in [1.165, 1.54) is 19.3 Å². The lowest BCUT2D eigenvalue weighted by Gasteiger charge is -2.29. The van der Waals surface area contributed by atoms with Gasteiger partial charge in [0.1, 0.15) is 11.0 Å². The fourth-order valence-electron chi connectivity index (χ4n) is 2.56. The summed E-state index contributed by atoms with van der Waals surface area (Å²) in [7, 11) is 0. The SMILES string of the molecule is CC(CN1CCCCC1)Nc1cc(C(F)(F)F)cc(Cl)n1. The van der Waals surface area contributed by atoms with Gasteiger partial charge < -0.3 is 10.2 Å². The Kier molecular flexibility index (Phi) is 5.32. The minimum absolute atomic E-state index is 0.00940. The number of pyridine rings is 1. The first-order valence-electron chi connectivity index (χ1n) is 7.08. The number of aromatic nitrogens is 1. The fourth-order valence-corrected chi connectivity index (χ4v) is 2.77. The van der Waals surface area contributed by atoms with Gasteiger partial charge in [0.05, 0.1) is 5.56 Å². The monoisotopic (exact) mass is 321 g/mol. The second-order valence-electron chi connectivity index (χ2n) is 5.47. The predicted octanol–water partition coefficient (Wildman–Crippen LogP) is 4.04. The van der Waals surface area contributed by atoms with Gasteiger partial charge in [0.2, 0.25) is 0 Å². The van der Waals surface area contributed by atoms with E-state index in [-0.39, 0.29) is 17.0 Å². The van der Waals surface area contributed by atoms with Crippen LogP contribution in [0.5, 0.6) is 0 Å². The third-order valence-corrected chi connectivity index (χ3v) is 3.69. The van der Waals surface area contributed by atoms with Crippen molar-refractivity contribution in [2.45, 2.75) is 38.4 Å². The summed E-state index contributed by atoms with van der Waals surface area (Å²) in [6, 6.07) is 1.84. The summed E-state index contributed by atoms with van der Waals surface area (Å²) in [6.07, 6.45) is -0.803. The molecule has 1 aliphatic heterocycles. The van der Waals surface area contributed by atoms with Crippen molar-refractivity contribution in [2.75, 3.05) is 25.0 Å². The number of halogens is 4. The smallest absolute Gasteiger partial charge is 0.366 e. The maximum atomic E-state index is 12.7. The lowest BCUT2D eigenvalue weighted by Crippen LogP contribution is -2.38. The molecular formula is C14H19ClF3N3. The van der Waals surface area contributed by atoms with Gasteiger partial charge in [-0.05, 0) is 45.0 Å². The molecule has 3 nitrogen and oxygen atoms in total. The highest BCUT2D eigenvalue weighted by Crippen LogP contribution is 2.32. The van der Waals surface area contributed by atoms with Crippen molar-refractivity contribution in [1.82, 2.24) is 9.88 Å². The number of nitrogens with one attached hydrogen (secondary N) is 1. The molecule has 21 heavy (non-hydrogen) atoms. The molecule has 1 N–H and O–H groups in total. The average molecular weight is 322 g/mol. The van der Waals surface area contributed by atoms with Crippen LogP contribution in [0.3, 0.4) is 0 Å². The van der Waals surface area contributed by atoms with Crippen molar-refractivity contribution in [3.05, 3.63) is 22.8 Å². The van der Waals surface area contributed by atoms with Crippen LogP contribution in [0.1, 0.15) is 31.7 Å². The second-order valence-corrected chi connectivity index (χ2v) is 5.86. The molecule has 0 bridgehead atoms. The molecule has 118 valence electrons. The molecule has 1 saturated heterocycles. The zero-order valence-corrected chi connectivity index (χ0v) is 12.6. The Morgan fingerprint density at radius 3 is 2.57 bits per heavy atom. The van der Waals surface area contributed by atoms with Gasteiger partial charge in [-0.2, -0.15) is 13.2 Å². The van der Waals surface area contributed by atoms with Crippen LogP contribution in [0.15, 0.2) is 12.1 Å². The van der Waals surface area contributed by atoms with E-state index in [1.54, 1.807) is 0 Å². The molecule has 1 fully saturated rings. The van der Waals surface area contributed by atoms with Crippen molar-refractivity contribution in [2.24, 2.45) is 0 Å². The maximum Gasteiger partial charge on any atom is 0.416 e. The normalized spacial score (nSPS) is 18.5. The molecule has 0 radical (unpaired) electrons. The van der Waals surface area contributed by atoms with E-state index >= 15 is 0 Å². The molecule has 2 rings (SSSR count). The van der Waals surface area contributed by atoms with Crippen LogP contribution in [-0.4, -0.2) is 35.6 Å². The predicted molar refractivity (Wildman–Crippen MR) is 77.6 cm³/mol. The standard InChI is InChI=1S/C14H19ClF3N3/c1-10(9-21-5-3-2-4-6-21)19-13-8-11(14(16,17)18)7-12(15)20-13/h7-8,10H,2-6,9H2,1H3,(H,19,20). The number of hydrogen-bond donors (Lipinski definition) is 1. The van der Waals surface area contributed by atoms with E-state index in [2.05, 4.69) is 15.2 Å². The third-order valence-electron chi connectivity index (χ3n) is 3.50. The summed E-state index contributed by atoms with van der Waals surface area (Å²) < 4.78 is 38.2. The van der Waals surface area contributed by atoms with Crippen LogP contribution in [0, 0.1) is 0 Å². The lowest BCUT2D eigenvalue weighted by atomic mass is 10.1. The van der Waals surface area contributed by atoms with Crippen molar-refractivity contribution < 1.29 is 13.2 Å². The molecule has 0 aliphatic carbocycles. The highest BCUT2D eigenvalue weighted by molar-refractivity contribution is 6.29. The first-order valence-corrected chi connectivity index (χ1v) is 7.46. The van der Waals surface area contributed by atoms with Crippen molar-refractivity contribution in [3.8, 4) is 0 Å². The highest BCUT2D eigenvalue weighted by Gasteiger charge is 2.31. The summed E-state index contributed by atoms with van der Waals surface area (Å²) in [5.41, 5.74) is -0.782. The van der Waals surface area contributed by atoms with Crippen LogP contribution in [0.25, 0.3) is 0 Å². The second kappa shape index (κ2) is 6.83. The van der Waals surface area contributed by atoms with E-state index < -0.39 is 11.7 Å². The van der Waals surface area contributed by atoms with E-state index in [9.17, 15) is 13.2 Å². The van der Waals surface area contributed by atoms with E-state index in [0.717, 1.165) is 31.8 Å². The summed E-state index contributed by atoms with van der Waals surface area (Å²) in [5.74, 6) is 0.166. The number of nitrogens with zero attached hydrogens (tertiary/aromatic N) is 2. The molecule has 0 saturated carbocycles. The van der Waals surface area contributed by atoms with Crippen molar-refractivity contribution in [3.63, 3.8) is 0 Å². The molecule has 2 heterocycles. The molecule has 0 aromatic carbocycles. The Bertz CT molecular complexity index is 473. The Morgan fingerprint density at radius 2 is 1.95 bits per heavy atom. The number of piperidine rings is 1. The number of alkyl halides is 3. The average Bonchev–Trinajstić information content (AvgIpc) is 2.37. The topological polar surface area (TPSA) is 28.2 Å². The summed E-state index contributed by atoms with van der Waals surface area (Å²) >= 11 is 5.67. The number of hydrogen-bond acceptors (Lipinski definition) is 3. The minimum atomic E-state index is -4.42. The van der Waals surface area contributed by atoms with Gasteiger partial charge in [0.25, 0.3) is 0 Å². The quantitative estimate of drug-likeness (QED) is 0.848. The van der Waals surface area contributed by atoms with Crippen LogP contribution >= 0.6 is 11.6 Å². The van der Waals surface area contributed by atoms with Gasteiger partial charge in [0.15, 0.2) is 0 Å². The Balaban J connectivity index is 1.99. The first kappa shape index (κ1) is 16.4. The lowest BCUT2D eigenvalue weighted by molar-refractivity contribution is -0.137. The Hall–Kier alpha value is -1.01. The number of likely N-dealkylation sites (tertiary alicyclic amines) is 1. The molecule has 1 aromatic heterocycles. The van der Waals surface area contributed by atoms with Crippen LogP contribution in [-0.2, 0) is 6.18 Å². The van der Waals surface area contributed by atoms with Gasteiger partial charge >= 0.3 is 6.18 Å². The number of anilines is 1. The van der Waals surface area contributed by atoms with Crippen molar-refractivity contribution >= 4 is 17.4 Å². The van der Waals surface area contributed by atoms with Crippen LogP contribution < -0.4 is 5.32 Å². The Morgan fingerprint density at radius 1 is 1.29 bits per heavy atom. The summed E-state index contributed by atoms with van der Waals surface area (Å²) in [6.45, 7) is 4.81. The Labute approximate surface area is 127 Å². The molecule has 1 aromatic rings. The fraction of sp³-hybridized carbons (Fsp3) is 0.643. The molecule has 0 amide bonds. The van der Waals surface area contributed by atoms with Crippen LogP contribution in [0.4, 0.5) is 19.0 Å². The van der Waals surface area contributed by atoms with E-state index in [0.29, 0.717) is 0 Å². The first-order chi connectivity index (χ1) is 9.84. The molecule has 0 spiro atoms. The van der Waals surface area contributed by atoms with Gasteiger partial charge in [-0.3, -0.25) is 0 Å². The summed E-state index contributed by atoms with van der Waals surface area (Å²) in [4.78, 5) is 6.23.